The van der Waals surface area contributed by atoms with E-state index in [0.717, 1.165) is 26.6 Å². The summed E-state index contributed by atoms with van der Waals surface area (Å²) in [4.78, 5) is 20.3. The van der Waals surface area contributed by atoms with Crippen LogP contribution in [0.3, 0.4) is 0 Å². The van der Waals surface area contributed by atoms with Crippen LogP contribution in [0.4, 0.5) is 5.13 Å². The molecule has 1 aromatic carbocycles. The molecule has 0 aliphatic carbocycles. The zero-order valence-corrected chi connectivity index (χ0v) is 15.7. The number of carbonyl (C=O) groups is 1. The third-order valence-electron chi connectivity index (χ3n) is 3.92. The van der Waals surface area contributed by atoms with E-state index in [1.807, 2.05) is 47.8 Å². The highest BCUT2D eigenvalue weighted by Gasteiger charge is 2.22. The van der Waals surface area contributed by atoms with Gasteiger partial charge in [-0.1, -0.05) is 17.4 Å². The fraction of sp³-hybridized carbons (Fsp3) is 0.158. The number of fused-ring (bicyclic) bond motifs is 1. The highest BCUT2D eigenvalue weighted by atomic mass is 32.1. The van der Waals surface area contributed by atoms with Crippen LogP contribution in [0.5, 0.6) is 5.75 Å². The number of rotatable bonds is 6. The van der Waals surface area contributed by atoms with Crippen LogP contribution >= 0.6 is 22.7 Å². The van der Waals surface area contributed by atoms with Crippen molar-refractivity contribution in [3.05, 3.63) is 64.7 Å². The van der Waals surface area contributed by atoms with Gasteiger partial charge in [0.15, 0.2) is 5.13 Å². The summed E-state index contributed by atoms with van der Waals surface area (Å²) >= 11 is 3.06. The molecule has 0 saturated heterocycles. The minimum absolute atomic E-state index is 0.00475. The second-order valence-electron chi connectivity index (χ2n) is 5.65. The Morgan fingerprint density at radius 1 is 1.27 bits per heavy atom. The lowest BCUT2D eigenvalue weighted by atomic mass is 10.3. The summed E-state index contributed by atoms with van der Waals surface area (Å²) in [6, 6.07) is 13.3. The van der Waals surface area contributed by atoms with Crippen LogP contribution in [0.2, 0.25) is 0 Å². The van der Waals surface area contributed by atoms with E-state index in [4.69, 9.17) is 9.15 Å². The molecule has 0 radical (unpaired) electrons. The average Bonchev–Trinajstić information content (AvgIpc) is 3.39. The number of furan rings is 1. The maximum absolute atomic E-state index is 13.0. The van der Waals surface area contributed by atoms with Crippen molar-refractivity contribution < 1.29 is 13.9 Å². The number of hydrogen-bond acceptors (Lipinski definition) is 6. The molecule has 5 nitrogen and oxygen atoms in total. The number of methoxy groups -OCH3 is 1. The molecule has 4 aromatic rings. The van der Waals surface area contributed by atoms with E-state index in [1.54, 1.807) is 29.6 Å². The first-order valence-electron chi connectivity index (χ1n) is 8.02. The Balaban J connectivity index is 1.68. The van der Waals surface area contributed by atoms with E-state index >= 15 is 0 Å². The van der Waals surface area contributed by atoms with Crippen LogP contribution in [0.1, 0.15) is 10.6 Å². The van der Waals surface area contributed by atoms with Gasteiger partial charge < -0.3 is 9.15 Å². The van der Waals surface area contributed by atoms with Crippen molar-refractivity contribution in [2.45, 2.75) is 13.0 Å². The normalized spacial score (nSPS) is 11.0. The van der Waals surface area contributed by atoms with Crippen LogP contribution < -0.4 is 9.64 Å². The molecule has 3 aromatic heterocycles. The Kier molecular flexibility index (Phi) is 4.73. The van der Waals surface area contributed by atoms with Crippen LogP contribution in [0, 0.1) is 0 Å². The molecular formula is C19H16N2O3S2. The Morgan fingerprint density at radius 2 is 2.19 bits per heavy atom. The van der Waals surface area contributed by atoms with Crippen LogP contribution in [-0.2, 0) is 17.8 Å². The van der Waals surface area contributed by atoms with Gasteiger partial charge in [-0.2, -0.15) is 0 Å². The molecule has 3 heterocycles. The van der Waals surface area contributed by atoms with Crippen molar-refractivity contribution in [3.8, 4) is 5.75 Å². The zero-order valence-electron chi connectivity index (χ0n) is 14.0. The molecule has 0 unspecified atom stereocenters. The SMILES string of the molecule is COc1ccc2sc(N(Cc3ccco3)C(=O)Cc3cccs3)nc2c1. The number of aromatic nitrogens is 1. The molecule has 0 saturated carbocycles. The van der Waals surface area contributed by atoms with Crippen LogP contribution in [0.25, 0.3) is 10.2 Å². The number of benzene rings is 1. The van der Waals surface area contributed by atoms with E-state index in [9.17, 15) is 4.79 Å². The average molecular weight is 384 g/mol. The maximum atomic E-state index is 13.0. The van der Waals surface area contributed by atoms with Gasteiger partial charge in [0.25, 0.3) is 0 Å². The Bertz CT molecular complexity index is 1010. The van der Waals surface area contributed by atoms with Gasteiger partial charge in [0.05, 0.1) is 36.6 Å². The van der Waals surface area contributed by atoms with Gasteiger partial charge in [-0.05, 0) is 35.7 Å². The Morgan fingerprint density at radius 3 is 2.92 bits per heavy atom. The third-order valence-corrected chi connectivity index (χ3v) is 5.85. The highest BCUT2D eigenvalue weighted by Crippen LogP contribution is 2.32. The number of carbonyl (C=O) groups excluding carboxylic acids is 1. The second-order valence-corrected chi connectivity index (χ2v) is 7.69. The Hall–Kier alpha value is -2.64. The third kappa shape index (κ3) is 3.49. The molecule has 0 N–H and O–H groups in total. The summed E-state index contributed by atoms with van der Waals surface area (Å²) in [5.74, 6) is 1.47. The predicted octanol–water partition coefficient (Wildman–Crippen LogP) is 4.74. The number of amides is 1. The van der Waals surface area contributed by atoms with Gasteiger partial charge in [-0.3, -0.25) is 9.69 Å². The summed E-state index contributed by atoms with van der Waals surface area (Å²) in [7, 11) is 1.63. The van der Waals surface area contributed by atoms with Gasteiger partial charge in [-0.15, -0.1) is 11.3 Å². The van der Waals surface area contributed by atoms with Crippen molar-refractivity contribution in [1.82, 2.24) is 4.98 Å². The Labute approximate surface area is 158 Å². The lowest BCUT2D eigenvalue weighted by Gasteiger charge is -2.18. The first-order valence-corrected chi connectivity index (χ1v) is 9.72. The van der Waals surface area contributed by atoms with E-state index < -0.39 is 0 Å². The number of hydrogen-bond donors (Lipinski definition) is 0. The summed E-state index contributed by atoms with van der Waals surface area (Å²) < 4.78 is 11.7. The van der Waals surface area contributed by atoms with Crippen molar-refractivity contribution in [1.29, 1.82) is 0 Å². The minimum Gasteiger partial charge on any atom is -0.497 e. The van der Waals surface area contributed by atoms with Crippen molar-refractivity contribution in [3.63, 3.8) is 0 Å². The molecule has 0 aliphatic rings. The highest BCUT2D eigenvalue weighted by molar-refractivity contribution is 7.22. The van der Waals surface area contributed by atoms with Gasteiger partial charge >= 0.3 is 0 Å². The van der Waals surface area contributed by atoms with Gasteiger partial charge in [0, 0.05) is 10.9 Å². The first-order chi connectivity index (χ1) is 12.7. The molecule has 132 valence electrons. The van der Waals surface area contributed by atoms with E-state index in [1.165, 1.54) is 11.3 Å². The van der Waals surface area contributed by atoms with Crippen LogP contribution in [0.15, 0.2) is 58.5 Å². The van der Waals surface area contributed by atoms with Gasteiger partial charge in [-0.25, -0.2) is 4.98 Å². The fourth-order valence-corrected chi connectivity index (χ4v) is 4.27. The lowest BCUT2D eigenvalue weighted by Crippen LogP contribution is -2.31. The quantitative estimate of drug-likeness (QED) is 0.482. The van der Waals surface area contributed by atoms with Gasteiger partial charge in [0.1, 0.15) is 11.5 Å². The molecule has 26 heavy (non-hydrogen) atoms. The lowest BCUT2D eigenvalue weighted by molar-refractivity contribution is -0.118. The molecule has 0 bridgehead atoms. The van der Waals surface area contributed by atoms with E-state index in [-0.39, 0.29) is 5.91 Å². The first kappa shape index (κ1) is 16.8. The molecule has 0 atom stereocenters. The topological polar surface area (TPSA) is 55.6 Å². The monoisotopic (exact) mass is 384 g/mol. The number of ether oxygens (including phenoxy) is 1. The standard InChI is InChI=1S/C19H16N2O3S2/c1-23-13-6-7-17-16(10-13)20-19(26-17)21(12-14-4-2-8-24-14)18(22)11-15-5-3-9-25-15/h2-10H,11-12H2,1H3. The molecule has 1 amide bonds. The summed E-state index contributed by atoms with van der Waals surface area (Å²) in [6.07, 6.45) is 1.96. The molecule has 0 spiro atoms. The maximum Gasteiger partial charge on any atom is 0.234 e. The summed E-state index contributed by atoms with van der Waals surface area (Å²) in [6.45, 7) is 0.355. The smallest absolute Gasteiger partial charge is 0.234 e. The minimum atomic E-state index is -0.00475. The van der Waals surface area contributed by atoms with Crippen molar-refractivity contribution in [2.24, 2.45) is 0 Å². The molecule has 0 aliphatic heterocycles. The summed E-state index contributed by atoms with van der Waals surface area (Å²) in [5.41, 5.74) is 0.817. The predicted molar refractivity (Wildman–Crippen MR) is 104 cm³/mol. The number of nitrogens with zero attached hydrogens (tertiary/aromatic N) is 2. The molecule has 0 fully saturated rings. The van der Waals surface area contributed by atoms with Gasteiger partial charge in [0.2, 0.25) is 5.91 Å². The van der Waals surface area contributed by atoms with Crippen molar-refractivity contribution in [2.75, 3.05) is 12.0 Å². The molecular weight excluding hydrogens is 368 g/mol. The number of anilines is 1. The van der Waals surface area contributed by atoms with Crippen LogP contribution in [-0.4, -0.2) is 18.0 Å². The zero-order chi connectivity index (χ0) is 17.9. The fourth-order valence-electron chi connectivity index (χ4n) is 2.62. The second kappa shape index (κ2) is 7.31. The molecule has 4 rings (SSSR count). The number of thiazole rings is 1. The van der Waals surface area contributed by atoms with E-state index in [0.29, 0.717) is 18.1 Å². The van der Waals surface area contributed by atoms with E-state index in [2.05, 4.69) is 4.98 Å². The molecule has 7 heteroatoms. The van der Waals surface area contributed by atoms with Crippen molar-refractivity contribution >= 4 is 43.9 Å². The number of thiophene rings is 1. The largest absolute Gasteiger partial charge is 0.497 e. The summed E-state index contributed by atoms with van der Waals surface area (Å²) in [5, 5.41) is 2.63.